The minimum absolute atomic E-state index is 0.206. The number of piperidine rings is 1. The minimum atomic E-state index is -3.33. The number of sulfonamides is 1. The number of hydrogen-bond donors (Lipinski definition) is 0. The van der Waals surface area contributed by atoms with Gasteiger partial charge in [-0.15, -0.1) is 0 Å². The highest BCUT2D eigenvalue weighted by Gasteiger charge is 2.46. The van der Waals surface area contributed by atoms with Crippen molar-refractivity contribution in [3.8, 4) is 0 Å². The van der Waals surface area contributed by atoms with Gasteiger partial charge in [0.05, 0.1) is 4.90 Å². The number of fused-ring (bicyclic) bond motifs is 2. The summed E-state index contributed by atoms with van der Waals surface area (Å²) in [5.74, 6) is 0. The summed E-state index contributed by atoms with van der Waals surface area (Å²) in [4.78, 5) is 0.458. The average Bonchev–Trinajstić information content (AvgIpc) is 2.79. The molecule has 2 bridgehead atoms. The van der Waals surface area contributed by atoms with E-state index in [-0.39, 0.29) is 12.1 Å². The summed E-state index contributed by atoms with van der Waals surface area (Å²) < 4.78 is 27.7. The third-order valence-corrected chi connectivity index (χ3v) is 7.93. The molecule has 0 aromatic heterocycles. The van der Waals surface area contributed by atoms with Crippen molar-refractivity contribution in [1.82, 2.24) is 4.31 Å². The Labute approximate surface area is 132 Å². The van der Waals surface area contributed by atoms with Gasteiger partial charge in [0.15, 0.2) is 0 Å². The predicted octanol–water partition coefficient (Wildman–Crippen LogP) is 3.30. The Hall–Kier alpha value is -0.520. The lowest BCUT2D eigenvalue weighted by atomic mass is 10.1. The van der Waals surface area contributed by atoms with Gasteiger partial charge in [0, 0.05) is 17.3 Å². The van der Waals surface area contributed by atoms with Crippen LogP contribution in [0.3, 0.4) is 0 Å². The molecule has 0 amide bonds. The summed E-state index contributed by atoms with van der Waals surface area (Å²) in [5.41, 5.74) is 1.18. The van der Waals surface area contributed by atoms with Gasteiger partial charge in [0.25, 0.3) is 0 Å². The van der Waals surface area contributed by atoms with E-state index in [1.807, 2.05) is 28.2 Å². The Bertz CT molecular complexity index is 583. The lowest BCUT2D eigenvalue weighted by molar-refractivity contribution is 0.253. The van der Waals surface area contributed by atoms with E-state index in [0.717, 1.165) is 32.1 Å². The van der Waals surface area contributed by atoms with Gasteiger partial charge in [0.1, 0.15) is 0 Å². The normalized spacial score (nSPS) is 29.7. The second-order valence-electron chi connectivity index (χ2n) is 6.05. The van der Waals surface area contributed by atoms with E-state index < -0.39 is 10.0 Å². The van der Waals surface area contributed by atoms with Crippen LogP contribution in [0.5, 0.6) is 0 Å². The molecule has 0 aliphatic carbocycles. The first-order chi connectivity index (χ1) is 10.1. The fraction of sp³-hybridized carbons (Fsp3) is 0.625. The maximum Gasteiger partial charge on any atom is 0.243 e. The zero-order chi connectivity index (χ0) is 15.0. The van der Waals surface area contributed by atoms with Crippen LogP contribution in [0.15, 0.2) is 29.2 Å². The van der Waals surface area contributed by atoms with Gasteiger partial charge >= 0.3 is 0 Å². The zero-order valence-electron chi connectivity index (χ0n) is 12.7. The molecule has 0 unspecified atom stereocenters. The SMILES string of the molecule is CCc1ccc(S(=O)(=O)N2[C@H]3CC[C@H]2CC(SC)C3)cc1. The lowest BCUT2D eigenvalue weighted by Crippen LogP contribution is -2.47. The van der Waals surface area contributed by atoms with Crippen molar-refractivity contribution in [2.75, 3.05) is 6.26 Å². The molecule has 2 aliphatic heterocycles. The van der Waals surface area contributed by atoms with Gasteiger partial charge in [-0.1, -0.05) is 19.1 Å². The molecule has 2 fully saturated rings. The number of rotatable bonds is 4. The van der Waals surface area contributed by atoms with E-state index in [0.29, 0.717) is 10.1 Å². The molecule has 2 atom stereocenters. The molecule has 2 aliphatic rings. The van der Waals surface area contributed by atoms with Crippen molar-refractivity contribution in [2.24, 2.45) is 0 Å². The molecule has 1 aromatic carbocycles. The smallest absolute Gasteiger partial charge is 0.207 e. The Morgan fingerprint density at radius 3 is 2.19 bits per heavy atom. The molecule has 5 heteroatoms. The molecule has 21 heavy (non-hydrogen) atoms. The summed E-state index contributed by atoms with van der Waals surface area (Å²) in [7, 11) is -3.33. The third kappa shape index (κ3) is 2.76. The van der Waals surface area contributed by atoms with Crippen molar-refractivity contribution >= 4 is 21.8 Å². The van der Waals surface area contributed by atoms with Crippen LogP contribution in [-0.4, -0.2) is 36.3 Å². The van der Waals surface area contributed by atoms with Crippen molar-refractivity contribution < 1.29 is 8.42 Å². The van der Waals surface area contributed by atoms with Crippen LogP contribution in [0.25, 0.3) is 0 Å². The van der Waals surface area contributed by atoms with Crippen molar-refractivity contribution in [3.63, 3.8) is 0 Å². The average molecular weight is 325 g/mol. The highest BCUT2D eigenvalue weighted by Crippen LogP contribution is 2.42. The number of nitrogens with zero attached hydrogens (tertiary/aromatic N) is 1. The highest BCUT2D eigenvalue weighted by molar-refractivity contribution is 7.99. The maximum atomic E-state index is 13.0. The third-order valence-electron chi connectivity index (χ3n) is 4.86. The van der Waals surface area contributed by atoms with E-state index in [2.05, 4.69) is 13.2 Å². The van der Waals surface area contributed by atoms with E-state index in [9.17, 15) is 8.42 Å². The van der Waals surface area contributed by atoms with Crippen LogP contribution < -0.4 is 0 Å². The van der Waals surface area contributed by atoms with E-state index in [4.69, 9.17) is 0 Å². The van der Waals surface area contributed by atoms with Gasteiger partial charge in [-0.25, -0.2) is 8.42 Å². The fourth-order valence-electron chi connectivity index (χ4n) is 3.69. The highest BCUT2D eigenvalue weighted by atomic mass is 32.2. The van der Waals surface area contributed by atoms with E-state index >= 15 is 0 Å². The Balaban J connectivity index is 1.88. The van der Waals surface area contributed by atoms with Gasteiger partial charge in [-0.3, -0.25) is 0 Å². The van der Waals surface area contributed by atoms with Crippen molar-refractivity contribution in [1.29, 1.82) is 0 Å². The van der Waals surface area contributed by atoms with Crippen LogP contribution in [0, 0.1) is 0 Å². The summed E-state index contributed by atoms with van der Waals surface area (Å²) in [5, 5.41) is 0.622. The minimum Gasteiger partial charge on any atom is -0.207 e. The monoisotopic (exact) mass is 325 g/mol. The molecule has 2 heterocycles. The second kappa shape index (κ2) is 5.94. The van der Waals surface area contributed by atoms with E-state index in [1.54, 1.807) is 12.1 Å². The number of hydrogen-bond acceptors (Lipinski definition) is 3. The van der Waals surface area contributed by atoms with Gasteiger partial charge in [-0.2, -0.15) is 16.1 Å². The fourth-order valence-corrected chi connectivity index (χ4v) is 6.41. The Kier molecular flexibility index (Phi) is 4.35. The second-order valence-corrected chi connectivity index (χ2v) is 9.03. The summed E-state index contributed by atoms with van der Waals surface area (Å²) in [6.07, 6.45) is 7.12. The molecule has 3 nitrogen and oxygen atoms in total. The largest absolute Gasteiger partial charge is 0.243 e. The molecule has 0 N–H and O–H groups in total. The molecular weight excluding hydrogens is 302 g/mol. The van der Waals surface area contributed by atoms with Gasteiger partial charge < -0.3 is 0 Å². The summed E-state index contributed by atoms with van der Waals surface area (Å²) in [6.45, 7) is 2.08. The molecular formula is C16H23NO2S2. The summed E-state index contributed by atoms with van der Waals surface area (Å²) >= 11 is 1.89. The van der Waals surface area contributed by atoms with Crippen molar-refractivity contribution in [3.05, 3.63) is 29.8 Å². The standard InChI is InChI=1S/C16H23NO2S2/c1-3-12-4-8-16(9-5-12)21(18,19)17-13-6-7-14(17)11-15(10-13)20-2/h4-5,8-9,13-15H,3,6-7,10-11H2,1-2H3/t13-,14-/m0/s1. The van der Waals surface area contributed by atoms with Crippen LogP contribution in [0.4, 0.5) is 0 Å². The molecule has 116 valence electrons. The van der Waals surface area contributed by atoms with Crippen LogP contribution in [-0.2, 0) is 16.4 Å². The summed E-state index contributed by atoms with van der Waals surface area (Å²) in [6, 6.07) is 7.82. The first-order valence-corrected chi connectivity index (χ1v) is 10.4. The molecule has 0 saturated carbocycles. The molecule has 2 saturated heterocycles. The number of thioether (sulfide) groups is 1. The quantitative estimate of drug-likeness (QED) is 0.852. The van der Waals surface area contributed by atoms with Crippen LogP contribution in [0.2, 0.25) is 0 Å². The molecule has 1 aromatic rings. The Morgan fingerprint density at radius 2 is 1.71 bits per heavy atom. The molecule has 0 radical (unpaired) electrons. The first-order valence-electron chi connectivity index (χ1n) is 7.71. The topological polar surface area (TPSA) is 37.4 Å². The van der Waals surface area contributed by atoms with Crippen LogP contribution in [0.1, 0.15) is 38.2 Å². The zero-order valence-corrected chi connectivity index (χ0v) is 14.3. The lowest BCUT2D eigenvalue weighted by Gasteiger charge is -2.37. The van der Waals surface area contributed by atoms with Gasteiger partial charge in [-0.05, 0) is 56.1 Å². The van der Waals surface area contributed by atoms with Gasteiger partial charge in [0.2, 0.25) is 10.0 Å². The number of benzene rings is 1. The molecule has 0 spiro atoms. The maximum absolute atomic E-state index is 13.0. The first kappa shape index (κ1) is 15.4. The molecule has 3 rings (SSSR count). The van der Waals surface area contributed by atoms with Crippen LogP contribution >= 0.6 is 11.8 Å². The number of aryl methyl sites for hydroxylation is 1. The van der Waals surface area contributed by atoms with Crippen molar-refractivity contribution in [2.45, 2.75) is 61.3 Å². The predicted molar refractivity (Wildman–Crippen MR) is 88.2 cm³/mol. The Morgan fingerprint density at radius 1 is 1.14 bits per heavy atom. The van der Waals surface area contributed by atoms with E-state index in [1.165, 1.54) is 5.56 Å².